The van der Waals surface area contributed by atoms with E-state index in [1.165, 1.54) is 18.1 Å². The van der Waals surface area contributed by atoms with Crippen LogP contribution >= 0.6 is 0 Å². The van der Waals surface area contributed by atoms with Crippen molar-refractivity contribution in [3.05, 3.63) is 65.7 Å². The lowest BCUT2D eigenvalue weighted by atomic mass is 10.0. The Bertz CT molecular complexity index is 709. The van der Waals surface area contributed by atoms with Crippen LogP contribution in [0.5, 0.6) is 0 Å². The van der Waals surface area contributed by atoms with Gasteiger partial charge in [0, 0.05) is 19.2 Å². The number of nitrogens with one attached hydrogen (secondary N) is 1. The van der Waals surface area contributed by atoms with E-state index in [-0.39, 0.29) is 18.4 Å². The molecule has 4 nitrogen and oxygen atoms in total. The highest BCUT2D eigenvalue weighted by atomic mass is 16.2. The van der Waals surface area contributed by atoms with E-state index in [2.05, 4.69) is 31.3 Å². The number of amides is 2. The summed E-state index contributed by atoms with van der Waals surface area (Å²) in [6.45, 7) is 6.43. The minimum Gasteiger partial charge on any atom is -0.334 e. The topological polar surface area (TPSA) is 49.4 Å². The lowest BCUT2D eigenvalue weighted by Gasteiger charge is -2.20. The van der Waals surface area contributed by atoms with Gasteiger partial charge >= 0.3 is 0 Å². The SMILES string of the molecule is CC(=O)N(CCCc1ccccc1)CC(=O)Nc1ccc(C(C)C)cc1. The molecule has 0 aliphatic rings. The van der Waals surface area contributed by atoms with E-state index >= 15 is 0 Å². The zero-order valence-corrected chi connectivity index (χ0v) is 15.9. The second-order valence-electron chi connectivity index (χ2n) is 6.85. The van der Waals surface area contributed by atoms with Crippen LogP contribution in [0, 0.1) is 0 Å². The van der Waals surface area contributed by atoms with Crippen molar-refractivity contribution in [3.8, 4) is 0 Å². The Morgan fingerprint density at radius 3 is 2.23 bits per heavy atom. The number of hydrogen-bond donors (Lipinski definition) is 1. The van der Waals surface area contributed by atoms with Gasteiger partial charge in [0.15, 0.2) is 0 Å². The predicted octanol–water partition coefficient (Wildman–Crippen LogP) is 4.23. The Morgan fingerprint density at radius 2 is 1.65 bits per heavy atom. The van der Waals surface area contributed by atoms with Gasteiger partial charge in [-0.25, -0.2) is 0 Å². The summed E-state index contributed by atoms with van der Waals surface area (Å²) in [6.07, 6.45) is 1.73. The molecule has 0 atom stereocenters. The zero-order valence-electron chi connectivity index (χ0n) is 15.9. The summed E-state index contributed by atoms with van der Waals surface area (Å²) in [5.41, 5.74) is 3.23. The molecule has 2 aromatic rings. The van der Waals surface area contributed by atoms with E-state index in [1.807, 2.05) is 42.5 Å². The number of anilines is 1. The molecule has 0 aliphatic carbocycles. The second-order valence-corrected chi connectivity index (χ2v) is 6.85. The number of carbonyl (C=O) groups is 2. The van der Waals surface area contributed by atoms with Gasteiger partial charge < -0.3 is 10.2 Å². The van der Waals surface area contributed by atoms with Crippen molar-refractivity contribution in [1.82, 2.24) is 4.90 Å². The maximum absolute atomic E-state index is 12.3. The summed E-state index contributed by atoms with van der Waals surface area (Å²) in [7, 11) is 0. The molecule has 0 aliphatic heterocycles. The van der Waals surface area contributed by atoms with Gasteiger partial charge in [-0.3, -0.25) is 9.59 Å². The summed E-state index contributed by atoms with van der Waals surface area (Å²) in [4.78, 5) is 25.7. The van der Waals surface area contributed by atoms with E-state index < -0.39 is 0 Å². The molecule has 0 saturated carbocycles. The fourth-order valence-electron chi connectivity index (χ4n) is 2.79. The van der Waals surface area contributed by atoms with Crippen LogP contribution in [0.3, 0.4) is 0 Å². The summed E-state index contributed by atoms with van der Waals surface area (Å²) in [5, 5.41) is 2.87. The summed E-state index contributed by atoms with van der Waals surface area (Å²) in [5.74, 6) is 0.207. The number of carbonyl (C=O) groups excluding carboxylic acids is 2. The van der Waals surface area contributed by atoms with E-state index in [4.69, 9.17) is 0 Å². The van der Waals surface area contributed by atoms with Crippen LogP contribution in [0.4, 0.5) is 5.69 Å². The van der Waals surface area contributed by atoms with Crippen molar-refractivity contribution < 1.29 is 9.59 Å². The molecule has 0 saturated heterocycles. The van der Waals surface area contributed by atoms with Gasteiger partial charge in [0.2, 0.25) is 11.8 Å². The van der Waals surface area contributed by atoms with E-state index in [1.54, 1.807) is 4.90 Å². The van der Waals surface area contributed by atoms with Crippen LogP contribution in [0.25, 0.3) is 0 Å². The third kappa shape index (κ3) is 6.36. The molecule has 0 unspecified atom stereocenters. The first kappa shape index (κ1) is 19.7. The number of hydrogen-bond acceptors (Lipinski definition) is 2. The van der Waals surface area contributed by atoms with Crippen molar-refractivity contribution >= 4 is 17.5 Å². The first-order chi connectivity index (χ1) is 12.5. The van der Waals surface area contributed by atoms with Gasteiger partial charge in [0.25, 0.3) is 0 Å². The molecule has 26 heavy (non-hydrogen) atoms. The third-order valence-corrected chi connectivity index (χ3v) is 4.38. The Kier molecular flexibility index (Phi) is 7.39. The number of benzene rings is 2. The highest BCUT2D eigenvalue weighted by Crippen LogP contribution is 2.17. The predicted molar refractivity (Wildman–Crippen MR) is 106 cm³/mol. The minimum absolute atomic E-state index is 0.0794. The Morgan fingerprint density at radius 1 is 1.00 bits per heavy atom. The van der Waals surface area contributed by atoms with E-state index in [0.717, 1.165) is 18.5 Å². The number of nitrogens with zero attached hydrogens (tertiary/aromatic N) is 1. The standard InChI is InChI=1S/C22H28N2O2/c1-17(2)20-11-13-21(14-12-20)23-22(26)16-24(18(3)25)15-7-10-19-8-5-4-6-9-19/h4-6,8-9,11-14,17H,7,10,15-16H2,1-3H3,(H,23,26). The highest BCUT2D eigenvalue weighted by Gasteiger charge is 2.13. The zero-order chi connectivity index (χ0) is 18.9. The largest absolute Gasteiger partial charge is 0.334 e. The molecule has 2 amide bonds. The molecule has 2 rings (SSSR count). The molecule has 2 aromatic carbocycles. The Balaban J connectivity index is 1.84. The summed E-state index contributed by atoms with van der Waals surface area (Å²) in [6, 6.07) is 18.0. The van der Waals surface area contributed by atoms with Crippen molar-refractivity contribution in [2.24, 2.45) is 0 Å². The van der Waals surface area contributed by atoms with Crippen molar-refractivity contribution in [2.45, 2.75) is 39.5 Å². The molecule has 0 bridgehead atoms. The van der Waals surface area contributed by atoms with Crippen LogP contribution in [-0.2, 0) is 16.0 Å². The molecule has 0 fully saturated rings. The van der Waals surface area contributed by atoms with Crippen LogP contribution in [0.15, 0.2) is 54.6 Å². The summed E-state index contributed by atoms with van der Waals surface area (Å²) < 4.78 is 0. The van der Waals surface area contributed by atoms with E-state index in [9.17, 15) is 9.59 Å². The normalized spacial score (nSPS) is 10.6. The number of rotatable bonds is 8. The third-order valence-electron chi connectivity index (χ3n) is 4.38. The van der Waals surface area contributed by atoms with Gasteiger partial charge in [-0.1, -0.05) is 56.3 Å². The molecular weight excluding hydrogens is 324 g/mol. The first-order valence-electron chi connectivity index (χ1n) is 9.15. The number of aryl methyl sites for hydroxylation is 1. The quantitative estimate of drug-likeness (QED) is 0.773. The second kappa shape index (κ2) is 9.76. The van der Waals surface area contributed by atoms with Crippen molar-refractivity contribution in [3.63, 3.8) is 0 Å². The first-order valence-corrected chi connectivity index (χ1v) is 9.15. The fourth-order valence-corrected chi connectivity index (χ4v) is 2.79. The van der Waals surface area contributed by atoms with Gasteiger partial charge in [-0.15, -0.1) is 0 Å². The molecule has 0 radical (unpaired) electrons. The fraction of sp³-hybridized carbons (Fsp3) is 0.364. The molecular formula is C22H28N2O2. The average molecular weight is 352 g/mol. The van der Waals surface area contributed by atoms with Crippen LogP contribution in [0.1, 0.15) is 44.2 Å². The molecule has 1 N–H and O–H groups in total. The van der Waals surface area contributed by atoms with Crippen LogP contribution < -0.4 is 5.32 Å². The van der Waals surface area contributed by atoms with Crippen LogP contribution in [0.2, 0.25) is 0 Å². The smallest absolute Gasteiger partial charge is 0.243 e. The lowest BCUT2D eigenvalue weighted by molar-refractivity contribution is -0.132. The monoisotopic (exact) mass is 352 g/mol. The molecule has 4 heteroatoms. The lowest BCUT2D eigenvalue weighted by Crippen LogP contribution is -2.37. The van der Waals surface area contributed by atoms with Gasteiger partial charge in [0.05, 0.1) is 6.54 Å². The Hall–Kier alpha value is -2.62. The average Bonchev–Trinajstić information content (AvgIpc) is 2.62. The minimum atomic E-state index is -0.169. The summed E-state index contributed by atoms with van der Waals surface area (Å²) >= 11 is 0. The van der Waals surface area contributed by atoms with Crippen molar-refractivity contribution in [1.29, 1.82) is 0 Å². The molecule has 138 valence electrons. The molecule has 0 heterocycles. The Labute approximate surface area is 156 Å². The maximum Gasteiger partial charge on any atom is 0.243 e. The van der Waals surface area contributed by atoms with Gasteiger partial charge in [-0.05, 0) is 42.0 Å². The molecule has 0 spiro atoms. The van der Waals surface area contributed by atoms with E-state index in [0.29, 0.717) is 12.5 Å². The highest BCUT2D eigenvalue weighted by molar-refractivity contribution is 5.94. The van der Waals surface area contributed by atoms with Gasteiger partial charge in [-0.2, -0.15) is 0 Å². The van der Waals surface area contributed by atoms with Crippen molar-refractivity contribution in [2.75, 3.05) is 18.4 Å². The van der Waals surface area contributed by atoms with Crippen LogP contribution in [-0.4, -0.2) is 29.8 Å². The molecule has 0 aromatic heterocycles. The maximum atomic E-state index is 12.3. The van der Waals surface area contributed by atoms with Gasteiger partial charge in [0.1, 0.15) is 0 Å².